The first-order chi connectivity index (χ1) is 6.15. The van der Waals surface area contributed by atoms with Crippen LogP contribution < -0.4 is 5.90 Å². The Morgan fingerprint density at radius 1 is 1.31 bits per heavy atom. The lowest BCUT2D eigenvalue weighted by Gasteiger charge is -2.04. The van der Waals surface area contributed by atoms with Crippen molar-refractivity contribution in [2.45, 2.75) is 6.42 Å². The highest BCUT2D eigenvalue weighted by molar-refractivity contribution is 6.33. The van der Waals surface area contributed by atoms with Crippen molar-refractivity contribution in [3.8, 4) is 0 Å². The first kappa shape index (κ1) is 10.7. The predicted octanol–water partition coefficient (Wildman–Crippen LogP) is 2.57. The summed E-state index contributed by atoms with van der Waals surface area (Å²) in [4.78, 5) is 4.38. The normalized spacial score (nSPS) is 10.5. The van der Waals surface area contributed by atoms with Gasteiger partial charge >= 0.3 is 0 Å². The smallest absolute Gasteiger partial charge is 0.143 e. The Morgan fingerprint density at radius 2 is 2.00 bits per heavy atom. The van der Waals surface area contributed by atoms with E-state index in [2.05, 4.69) is 4.84 Å². The maximum absolute atomic E-state index is 12.8. The van der Waals surface area contributed by atoms with E-state index >= 15 is 0 Å². The maximum atomic E-state index is 12.8. The lowest BCUT2D eigenvalue weighted by atomic mass is 10.1. The van der Waals surface area contributed by atoms with E-state index in [9.17, 15) is 4.39 Å². The van der Waals surface area contributed by atoms with E-state index in [-0.39, 0.29) is 5.02 Å². The second-order valence-corrected chi connectivity index (χ2v) is 3.29. The van der Waals surface area contributed by atoms with Gasteiger partial charge in [-0.1, -0.05) is 23.2 Å². The molecule has 0 radical (unpaired) electrons. The minimum atomic E-state index is -0.524. The molecule has 0 bridgehead atoms. The zero-order valence-electron chi connectivity index (χ0n) is 6.69. The number of rotatable bonds is 3. The van der Waals surface area contributed by atoms with Gasteiger partial charge in [-0.3, -0.25) is 0 Å². The molecule has 0 aliphatic heterocycles. The van der Waals surface area contributed by atoms with Crippen LogP contribution in [-0.4, -0.2) is 6.61 Å². The Bertz CT molecular complexity index is 306. The van der Waals surface area contributed by atoms with Crippen LogP contribution in [0.5, 0.6) is 0 Å². The molecule has 2 N–H and O–H groups in total. The summed E-state index contributed by atoms with van der Waals surface area (Å²) >= 11 is 11.3. The van der Waals surface area contributed by atoms with E-state index in [1.165, 1.54) is 12.1 Å². The largest absolute Gasteiger partial charge is 0.304 e. The van der Waals surface area contributed by atoms with Gasteiger partial charge in [-0.2, -0.15) is 0 Å². The lowest BCUT2D eigenvalue weighted by Crippen LogP contribution is -2.04. The van der Waals surface area contributed by atoms with Crippen LogP contribution in [0.1, 0.15) is 5.56 Å². The third kappa shape index (κ3) is 2.81. The molecule has 2 nitrogen and oxygen atoms in total. The molecule has 13 heavy (non-hydrogen) atoms. The Morgan fingerprint density at radius 3 is 2.62 bits per heavy atom. The second-order valence-electron chi connectivity index (χ2n) is 2.48. The first-order valence-electron chi connectivity index (χ1n) is 3.60. The van der Waals surface area contributed by atoms with Gasteiger partial charge in [0.15, 0.2) is 0 Å². The van der Waals surface area contributed by atoms with Crippen molar-refractivity contribution in [1.82, 2.24) is 0 Å². The van der Waals surface area contributed by atoms with Gasteiger partial charge in [0, 0.05) is 5.02 Å². The molecule has 0 atom stereocenters. The molecule has 0 unspecified atom stereocenters. The minimum Gasteiger partial charge on any atom is -0.304 e. The van der Waals surface area contributed by atoms with Gasteiger partial charge < -0.3 is 4.84 Å². The fourth-order valence-corrected chi connectivity index (χ4v) is 1.36. The van der Waals surface area contributed by atoms with E-state index < -0.39 is 5.82 Å². The average Bonchev–Trinajstić information content (AvgIpc) is 2.09. The van der Waals surface area contributed by atoms with Gasteiger partial charge in [0.2, 0.25) is 0 Å². The van der Waals surface area contributed by atoms with E-state index in [0.29, 0.717) is 18.1 Å². The van der Waals surface area contributed by atoms with Gasteiger partial charge in [-0.25, -0.2) is 10.3 Å². The Balaban J connectivity index is 2.88. The standard InChI is InChI=1S/C8H8Cl2FNO/c9-6-4-8(11)7(10)3-5(6)1-2-13-12/h3-4H,1-2,12H2. The zero-order chi connectivity index (χ0) is 9.84. The molecule has 0 aliphatic rings. The van der Waals surface area contributed by atoms with E-state index in [1.807, 2.05) is 0 Å². The van der Waals surface area contributed by atoms with Crippen LogP contribution in [0.2, 0.25) is 10.0 Å². The summed E-state index contributed by atoms with van der Waals surface area (Å²) in [7, 11) is 0. The Hall–Kier alpha value is -0.350. The molecule has 1 aromatic carbocycles. The molecular weight excluding hydrogens is 216 g/mol. The quantitative estimate of drug-likeness (QED) is 0.632. The molecule has 0 spiro atoms. The molecule has 0 fully saturated rings. The van der Waals surface area contributed by atoms with Crippen LogP contribution in [0.15, 0.2) is 12.1 Å². The number of hydrogen-bond acceptors (Lipinski definition) is 2. The summed E-state index contributed by atoms with van der Waals surface area (Å²) < 4.78 is 12.8. The average molecular weight is 224 g/mol. The van der Waals surface area contributed by atoms with Gasteiger partial charge in [-0.15, -0.1) is 0 Å². The van der Waals surface area contributed by atoms with Crippen molar-refractivity contribution >= 4 is 23.2 Å². The molecular formula is C8H8Cl2FNO. The van der Waals surface area contributed by atoms with Crippen LogP contribution in [0.4, 0.5) is 4.39 Å². The number of benzene rings is 1. The van der Waals surface area contributed by atoms with Gasteiger partial charge in [-0.05, 0) is 24.1 Å². The Labute approximate surface area is 85.3 Å². The van der Waals surface area contributed by atoms with Crippen molar-refractivity contribution in [3.63, 3.8) is 0 Å². The van der Waals surface area contributed by atoms with E-state index in [0.717, 1.165) is 5.56 Å². The summed E-state index contributed by atoms with van der Waals surface area (Å²) in [5.41, 5.74) is 0.721. The molecule has 0 aromatic heterocycles. The summed E-state index contributed by atoms with van der Waals surface area (Å²) in [6.45, 7) is 0.321. The SMILES string of the molecule is NOCCc1cc(Cl)c(F)cc1Cl. The molecule has 0 amide bonds. The predicted molar refractivity (Wildman–Crippen MR) is 50.3 cm³/mol. The molecule has 1 rings (SSSR count). The number of nitrogens with two attached hydrogens (primary N) is 1. The van der Waals surface area contributed by atoms with Gasteiger partial charge in [0.25, 0.3) is 0 Å². The highest BCUT2D eigenvalue weighted by Gasteiger charge is 2.06. The molecule has 5 heteroatoms. The molecule has 1 aromatic rings. The van der Waals surface area contributed by atoms with Crippen LogP contribution in [0.25, 0.3) is 0 Å². The van der Waals surface area contributed by atoms with Crippen molar-refractivity contribution in [3.05, 3.63) is 33.6 Å². The highest BCUT2D eigenvalue weighted by atomic mass is 35.5. The molecule has 0 aliphatic carbocycles. The molecule has 0 heterocycles. The van der Waals surface area contributed by atoms with Crippen LogP contribution in [0, 0.1) is 5.82 Å². The minimum absolute atomic E-state index is 0.0522. The molecule has 0 saturated heterocycles. The maximum Gasteiger partial charge on any atom is 0.143 e. The summed E-state index contributed by atoms with van der Waals surface area (Å²) in [6, 6.07) is 2.65. The fourth-order valence-electron chi connectivity index (χ4n) is 0.924. The van der Waals surface area contributed by atoms with Crippen molar-refractivity contribution < 1.29 is 9.23 Å². The third-order valence-electron chi connectivity index (χ3n) is 1.58. The molecule has 72 valence electrons. The van der Waals surface area contributed by atoms with E-state index in [4.69, 9.17) is 29.1 Å². The number of hydrogen-bond donors (Lipinski definition) is 1. The Kier molecular flexibility index (Phi) is 3.93. The summed E-state index contributed by atoms with van der Waals surface area (Å²) in [6.07, 6.45) is 0.509. The van der Waals surface area contributed by atoms with E-state index in [1.54, 1.807) is 0 Å². The summed E-state index contributed by atoms with van der Waals surface area (Å²) in [5.74, 6) is 4.32. The number of halogens is 3. The van der Waals surface area contributed by atoms with Gasteiger partial charge in [0.05, 0.1) is 11.6 Å². The highest BCUT2D eigenvalue weighted by Crippen LogP contribution is 2.24. The lowest BCUT2D eigenvalue weighted by molar-refractivity contribution is 0.141. The van der Waals surface area contributed by atoms with Crippen LogP contribution in [-0.2, 0) is 11.3 Å². The first-order valence-corrected chi connectivity index (χ1v) is 4.36. The second kappa shape index (κ2) is 4.77. The third-order valence-corrected chi connectivity index (χ3v) is 2.22. The van der Waals surface area contributed by atoms with Crippen molar-refractivity contribution in [2.24, 2.45) is 5.90 Å². The topological polar surface area (TPSA) is 35.2 Å². The van der Waals surface area contributed by atoms with Crippen molar-refractivity contribution in [1.29, 1.82) is 0 Å². The summed E-state index contributed by atoms with van der Waals surface area (Å²) in [5, 5.41) is 0.385. The fraction of sp³-hybridized carbons (Fsp3) is 0.250. The molecule has 0 saturated carbocycles. The monoisotopic (exact) mass is 223 g/mol. The van der Waals surface area contributed by atoms with Crippen LogP contribution >= 0.6 is 23.2 Å². The van der Waals surface area contributed by atoms with Gasteiger partial charge in [0.1, 0.15) is 5.82 Å². The van der Waals surface area contributed by atoms with Crippen LogP contribution in [0.3, 0.4) is 0 Å². The zero-order valence-corrected chi connectivity index (χ0v) is 8.20. The van der Waals surface area contributed by atoms with Crippen molar-refractivity contribution in [2.75, 3.05) is 6.61 Å².